The van der Waals surface area contributed by atoms with Gasteiger partial charge in [-0.3, -0.25) is 0 Å². The summed E-state index contributed by atoms with van der Waals surface area (Å²) in [5.74, 6) is -0.299. The van der Waals surface area contributed by atoms with Gasteiger partial charge >= 0.3 is 18.3 Å². The lowest BCUT2D eigenvalue weighted by atomic mass is 9.99. The van der Waals surface area contributed by atoms with Crippen molar-refractivity contribution in [2.24, 2.45) is 0 Å². The van der Waals surface area contributed by atoms with Crippen molar-refractivity contribution >= 4 is 12.0 Å². The Hall–Kier alpha value is -4.39. The number of hydrogen-bond donors (Lipinski definition) is 1. The average Bonchev–Trinajstić information content (AvgIpc) is 3.44. The highest BCUT2D eigenvalue weighted by atomic mass is 19.4. The summed E-state index contributed by atoms with van der Waals surface area (Å²) in [6.07, 6.45) is 0.168. The Morgan fingerprint density at radius 3 is 2.51 bits per heavy atom. The molecule has 0 radical (unpaired) electrons. The smallest absolute Gasteiger partial charge is 0.478 e. The first-order valence-electron chi connectivity index (χ1n) is 14.1. The minimum Gasteiger partial charge on any atom is -0.478 e. The number of anilines is 1. The summed E-state index contributed by atoms with van der Waals surface area (Å²) in [4.78, 5) is 13.5. The van der Waals surface area contributed by atoms with Gasteiger partial charge in [-0.1, -0.05) is 28.5 Å². The minimum atomic E-state index is -4.84. The molecule has 2 bridgehead atoms. The van der Waals surface area contributed by atoms with Crippen LogP contribution >= 0.6 is 0 Å². The number of nitrogens with zero attached hydrogens (tertiary/aromatic N) is 4. The molecular weight excluding hydrogens is 569 g/mol. The lowest BCUT2D eigenvalue weighted by Crippen LogP contribution is -2.45. The van der Waals surface area contributed by atoms with Crippen LogP contribution < -0.4 is 9.64 Å². The van der Waals surface area contributed by atoms with Crippen molar-refractivity contribution in [3.05, 3.63) is 65.4 Å². The molecule has 2 aromatic heterocycles. The van der Waals surface area contributed by atoms with E-state index in [4.69, 9.17) is 13.7 Å². The maximum absolute atomic E-state index is 13.1. The van der Waals surface area contributed by atoms with E-state index >= 15 is 0 Å². The fourth-order valence-electron chi connectivity index (χ4n) is 6.21. The lowest BCUT2D eigenvalue weighted by molar-refractivity contribution is -0.274. The monoisotopic (exact) mass is 596 g/mol. The topological polar surface area (TPSA) is 124 Å². The van der Waals surface area contributed by atoms with Gasteiger partial charge in [0.2, 0.25) is 5.89 Å². The number of carboxylic acid groups (broad SMARTS) is 1. The Morgan fingerprint density at radius 2 is 1.79 bits per heavy atom. The van der Waals surface area contributed by atoms with Gasteiger partial charge in [0, 0.05) is 34.7 Å². The van der Waals surface area contributed by atoms with Crippen LogP contribution in [-0.4, -0.2) is 51.0 Å². The van der Waals surface area contributed by atoms with Crippen molar-refractivity contribution in [2.45, 2.75) is 75.6 Å². The van der Waals surface area contributed by atoms with Gasteiger partial charge in [-0.2, -0.15) is 0 Å². The number of aromatic carboxylic acids is 1. The molecule has 2 atom stereocenters. The Balaban J connectivity index is 1.07. The highest BCUT2D eigenvalue weighted by molar-refractivity contribution is 5.89. The third-order valence-electron chi connectivity index (χ3n) is 8.28. The molecule has 2 aromatic carbocycles. The molecule has 0 spiro atoms. The van der Waals surface area contributed by atoms with Crippen LogP contribution in [0.5, 0.6) is 5.75 Å². The molecule has 7 rings (SSSR count). The number of carboxylic acids is 1. The third-order valence-corrected chi connectivity index (χ3v) is 8.28. The van der Waals surface area contributed by atoms with E-state index in [1.807, 2.05) is 0 Å². The molecular formula is C30H27F3N4O6. The van der Waals surface area contributed by atoms with E-state index in [1.165, 1.54) is 30.3 Å². The lowest BCUT2D eigenvalue weighted by Gasteiger charge is -2.37. The molecule has 10 nitrogen and oxygen atoms in total. The molecule has 3 aliphatic rings. The number of benzene rings is 2. The Labute approximate surface area is 243 Å². The predicted molar refractivity (Wildman–Crippen MR) is 144 cm³/mol. The van der Waals surface area contributed by atoms with Crippen LogP contribution in [0.4, 0.5) is 19.2 Å². The number of halogens is 3. The van der Waals surface area contributed by atoms with Gasteiger partial charge < -0.3 is 28.4 Å². The number of piperidine rings is 1. The number of aromatic nitrogens is 3. The number of fused-ring (bicyclic) bond motifs is 2. The van der Waals surface area contributed by atoms with Crippen LogP contribution in [-0.2, 0) is 11.3 Å². The quantitative estimate of drug-likeness (QED) is 0.227. The maximum atomic E-state index is 13.1. The summed E-state index contributed by atoms with van der Waals surface area (Å²) in [5, 5.41) is 21.9. The number of hydrogen-bond acceptors (Lipinski definition) is 9. The molecule has 0 amide bonds. The number of rotatable bonds is 9. The van der Waals surface area contributed by atoms with Crippen LogP contribution in [0.1, 0.15) is 66.1 Å². The molecule has 1 saturated carbocycles. The zero-order valence-corrected chi connectivity index (χ0v) is 22.8. The SMILES string of the molecule is O=C(O)c1cccc(-c2nnc(N3C4CCC3CC(OCc3c(-c5ccccc5OC(F)(F)F)noc3C3CC3)C4)o2)c1. The van der Waals surface area contributed by atoms with E-state index in [1.54, 1.807) is 18.2 Å². The molecule has 4 heterocycles. The number of alkyl halides is 3. The number of ether oxygens (including phenoxy) is 2. The van der Waals surface area contributed by atoms with E-state index in [0.717, 1.165) is 25.7 Å². The standard InChI is InChI=1S/C30H27F3N4O6/c31-30(32,33)42-24-7-2-1-6-22(24)25-23(26(43-36-25)16-8-9-16)15-40-21-13-19-10-11-20(14-21)37(19)29-35-34-27(41-29)17-4-3-5-18(12-17)28(38)39/h1-7,12,16,19-21H,8-11,13-15H2,(H,38,39). The summed E-state index contributed by atoms with van der Waals surface area (Å²) in [7, 11) is 0. The normalized spacial score (nSPS) is 21.7. The van der Waals surface area contributed by atoms with E-state index < -0.39 is 12.3 Å². The first-order valence-corrected chi connectivity index (χ1v) is 14.1. The fourth-order valence-corrected chi connectivity index (χ4v) is 6.21. The van der Waals surface area contributed by atoms with E-state index in [2.05, 4.69) is 25.0 Å². The molecule has 3 fully saturated rings. The summed E-state index contributed by atoms with van der Waals surface area (Å²) in [6.45, 7) is 0.153. The highest BCUT2D eigenvalue weighted by Gasteiger charge is 2.44. The fraction of sp³-hybridized carbons (Fsp3) is 0.400. The molecule has 1 aliphatic carbocycles. The van der Waals surface area contributed by atoms with Gasteiger partial charge in [0.25, 0.3) is 0 Å². The Kier molecular flexibility index (Phi) is 6.83. The molecule has 224 valence electrons. The Morgan fingerprint density at radius 1 is 1.02 bits per heavy atom. The van der Waals surface area contributed by atoms with Crippen molar-refractivity contribution in [2.75, 3.05) is 4.90 Å². The van der Waals surface area contributed by atoms with Gasteiger partial charge in [-0.05, 0) is 68.9 Å². The zero-order valence-electron chi connectivity index (χ0n) is 22.8. The van der Waals surface area contributed by atoms with E-state index in [9.17, 15) is 23.1 Å². The van der Waals surface area contributed by atoms with Gasteiger partial charge in [-0.15, -0.1) is 18.3 Å². The van der Waals surface area contributed by atoms with Crippen LogP contribution in [0.3, 0.4) is 0 Å². The zero-order chi connectivity index (χ0) is 29.7. The van der Waals surface area contributed by atoms with Crippen molar-refractivity contribution in [1.82, 2.24) is 15.4 Å². The van der Waals surface area contributed by atoms with Gasteiger partial charge in [0.05, 0.1) is 18.3 Å². The first-order chi connectivity index (χ1) is 20.7. The molecule has 43 heavy (non-hydrogen) atoms. The maximum Gasteiger partial charge on any atom is 0.573 e. The summed E-state index contributed by atoms with van der Waals surface area (Å²) in [5.41, 5.74) is 1.81. The van der Waals surface area contributed by atoms with Crippen molar-refractivity contribution in [3.63, 3.8) is 0 Å². The first kappa shape index (κ1) is 27.4. The third kappa shape index (κ3) is 5.56. The van der Waals surface area contributed by atoms with E-state index in [-0.39, 0.29) is 53.5 Å². The Bertz CT molecular complexity index is 1630. The highest BCUT2D eigenvalue weighted by Crippen LogP contribution is 2.46. The van der Waals surface area contributed by atoms with Crippen LogP contribution in [0.2, 0.25) is 0 Å². The van der Waals surface area contributed by atoms with Crippen molar-refractivity contribution in [1.29, 1.82) is 0 Å². The van der Waals surface area contributed by atoms with Crippen LogP contribution in [0.15, 0.2) is 57.5 Å². The minimum absolute atomic E-state index is 0.0974. The summed E-state index contributed by atoms with van der Waals surface area (Å²) >= 11 is 0. The van der Waals surface area contributed by atoms with Gasteiger partial charge in [0.15, 0.2) is 0 Å². The second-order valence-corrected chi connectivity index (χ2v) is 11.2. The van der Waals surface area contributed by atoms with E-state index in [0.29, 0.717) is 41.4 Å². The molecule has 2 aliphatic heterocycles. The second-order valence-electron chi connectivity index (χ2n) is 11.2. The molecule has 2 unspecified atom stereocenters. The van der Waals surface area contributed by atoms with Crippen LogP contribution in [0, 0.1) is 0 Å². The summed E-state index contributed by atoms with van der Waals surface area (Å²) < 4.78 is 61.7. The van der Waals surface area contributed by atoms with Gasteiger partial charge in [0.1, 0.15) is 17.2 Å². The summed E-state index contributed by atoms with van der Waals surface area (Å²) in [6, 6.07) is 12.9. The number of carbonyl (C=O) groups is 1. The van der Waals surface area contributed by atoms with Gasteiger partial charge in [-0.25, -0.2) is 4.79 Å². The van der Waals surface area contributed by atoms with Crippen LogP contribution in [0.25, 0.3) is 22.7 Å². The largest absolute Gasteiger partial charge is 0.573 e. The van der Waals surface area contributed by atoms with Crippen molar-refractivity contribution < 1.29 is 41.5 Å². The molecule has 2 saturated heterocycles. The van der Waals surface area contributed by atoms with Crippen molar-refractivity contribution in [3.8, 4) is 28.5 Å². The second kappa shape index (κ2) is 10.7. The number of para-hydroxylation sites is 1. The molecule has 1 N–H and O–H groups in total. The molecule has 4 aromatic rings. The molecule has 13 heteroatoms. The average molecular weight is 597 g/mol. The predicted octanol–water partition coefficient (Wildman–Crippen LogP) is 6.58.